The van der Waals surface area contributed by atoms with Gasteiger partial charge in [0.05, 0.1) is 26.2 Å². The Bertz CT molecular complexity index is 1020. The smallest absolute Gasteiger partial charge is 0.243 e. The largest absolute Gasteiger partial charge is 0.497 e. The summed E-state index contributed by atoms with van der Waals surface area (Å²) in [5, 5.41) is 0.352. The van der Waals surface area contributed by atoms with Crippen LogP contribution in [0.25, 0.3) is 0 Å². The van der Waals surface area contributed by atoms with Gasteiger partial charge in [0.2, 0.25) is 15.9 Å². The standard InChI is InChI=1S/C21H26ClN3O5S/c1-29-18-7-5-17(6-8-18)23-10-12-24(13-11-23)21(26)15-25(31(3,27)28)19-14-16(22)4-9-20(19)30-2/h4-9,14H,10-13,15H2,1-3H3. The third kappa shape index (κ3) is 5.54. The van der Waals surface area contributed by atoms with Crippen LogP contribution in [0.4, 0.5) is 11.4 Å². The molecule has 10 heteroatoms. The molecule has 2 aromatic rings. The lowest BCUT2D eigenvalue weighted by Gasteiger charge is -2.37. The molecule has 0 unspecified atom stereocenters. The highest BCUT2D eigenvalue weighted by Crippen LogP contribution is 2.33. The average Bonchev–Trinajstić information content (AvgIpc) is 2.76. The Morgan fingerprint density at radius 2 is 1.68 bits per heavy atom. The Morgan fingerprint density at radius 1 is 1.03 bits per heavy atom. The highest BCUT2D eigenvalue weighted by Gasteiger charge is 2.28. The molecule has 1 fully saturated rings. The van der Waals surface area contributed by atoms with Crippen LogP contribution in [-0.2, 0) is 14.8 Å². The van der Waals surface area contributed by atoms with E-state index in [1.54, 1.807) is 24.1 Å². The number of hydrogen-bond acceptors (Lipinski definition) is 6. The summed E-state index contributed by atoms with van der Waals surface area (Å²) in [5.41, 5.74) is 1.29. The van der Waals surface area contributed by atoms with E-state index in [1.807, 2.05) is 24.3 Å². The fourth-order valence-electron chi connectivity index (χ4n) is 3.47. The van der Waals surface area contributed by atoms with Gasteiger partial charge in [0, 0.05) is 36.9 Å². The molecule has 3 rings (SSSR count). The molecule has 1 aliphatic rings. The van der Waals surface area contributed by atoms with Crippen molar-refractivity contribution in [1.82, 2.24) is 4.90 Å². The number of methoxy groups -OCH3 is 2. The van der Waals surface area contributed by atoms with E-state index in [2.05, 4.69) is 4.90 Å². The quantitative estimate of drug-likeness (QED) is 0.622. The van der Waals surface area contributed by atoms with Gasteiger partial charge in [-0.1, -0.05) is 11.6 Å². The van der Waals surface area contributed by atoms with E-state index in [0.29, 0.717) is 37.0 Å². The van der Waals surface area contributed by atoms with Crippen LogP contribution in [0.2, 0.25) is 5.02 Å². The second-order valence-electron chi connectivity index (χ2n) is 7.15. The van der Waals surface area contributed by atoms with Gasteiger partial charge < -0.3 is 19.3 Å². The van der Waals surface area contributed by atoms with Crippen LogP contribution in [0.1, 0.15) is 0 Å². The van der Waals surface area contributed by atoms with Gasteiger partial charge in [-0.05, 0) is 42.5 Å². The van der Waals surface area contributed by atoms with Crippen molar-refractivity contribution in [1.29, 1.82) is 0 Å². The van der Waals surface area contributed by atoms with Gasteiger partial charge in [-0.25, -0.2) is 8.42 Å². The molecule has 0 atom stereocenters. The molecule has 0 spiro atoms. The number of nitrogens with zero attached hydrogens (tertiary/aromatic N) is 3. The first-order valence-electron chi connectivity index (χ1n) is 9.71. The number of rotatable bonds is 7. The average molecular weight is 468 g/mol. The number of sulfonamides is 1. The van der Waals surface area contributed by atoms with Crippen LogP contribution in [0.15, 0.2) is 42.5 Å². The van der Waals surface area contributed by atoms with E-state index in [9.17, 15) is 13.2 Å². The van der Waals surface area contributed by atoms with Gasteiger partial charge >= 0.3 is 0 Å². The second kappa shape index (κ2) is 9.65. The lowest BCUT2D eigenvalue weighted by Crippen LogP contribution is -2.52. The lowest BCUT2D eigenvalue weighted by molar-refractivity contribution is -0.129. The summed E-state index contributed by atoms with van der Waals surface area (Å²) in [4.78, 5) is 16.8. The van der Waals surface area contributed by atoms with E-state index in [0.717, 1.165) is 22.0 Å². The maximum absolute atomic E-state index is 13.0. The van der Waals surface area contributed by atoms with Crippen molar-refractivity contribution in [3.63, 3.8) is 0 Å². The molecule has 0 N–H and O–H groups in total. The molecule has 8 nitrogen and oxygen atoms in total. The van der Waals surface area contributed by atoms with Crippen LogP contribution >= 0.6 is 11.6 Å². The first-order chi connectivity index (χ1) is 14.7. The van der Waals surface area contributed by atoms with Crippen molar-refractivity contribution in [3.8, 4) is 11.5 Å². The fraction of sp³-hybridized carbons (Fsp3) is 0.381. The summed E-state index contributed by atoms with van der Waals surface area (Å²) in [5.74, 6) is 0.837. The van der Waals surface area contributed by atoms with Crippen LogP contribution in [0, 0.1) is 0 Å². The first kappa shape index (κ1) is 23.0. The number of piperazine rings is 1. The number of ether oxygens (including phenoxy) is 2. The first-order valence-corrected chi connectivity index (χ1v) is 11.9. The molecular weight excluding hydrogens is 442 g/mol. The molecule has 31 heavy (non-hydrogen) atoms. The van der Waals surface area contributed by atoms with Gasteiger partial charge in [-0.2, -0.15) is 0 Å². The van der Waals surface area contributed by atoms with E-state index in [4.69, 9.17) is 21.1 Å². The number of carbonyl (C=O) groups is 1. The van der Waals surface area contributed by atoms with E-state index in [-0.39, 0.29) is 18.1 Å². The Labute approximate surface area is 187 Å². The third-order valence-corrected chi connectivity index (χ3v) is 6.52. The highest BCUT2D eigenvalue weighted by molar-refractivity contribution is 7.92. The Morgan fingerprint density at radius 3 is 2.23 bits per heavy atom. The molecule has 0 aliphatic carbocycles. The number of carbonyl (C=O) groups excluding carboxylic acids is 1. The number of hydrogen-bond donors (Lipinski definition) is 0. The van der Waals surface area contributed by atoms with Crippen LogP contribution in [-0.4, -0.2) is 72.4 Å². The number of halogens is 1. The summed E-state index contributed by atoms with van der Waals surface area (Å²) in [6.45, 7) is 1.97. The Kier molecular flexibility index (Phi) is 7.17. The zero-order valence-electron chi connectivity index (χ0n) is 17.7. The van der Waals surface area contributed by atoms with Crippen LogP contribution in [0.5, 0.6) is 11.5 Å². The summed E-state index contributed by atoms with van der Waals surface area (Å²) < 4.78 is 36.4. The second-order valence-corrected chi connectivity index (χ2v) is 9.49. The van der Waals surface area contributed by atoms with Crippen LogP contribution < -0.4 is 18.7 Å². The zero-order valence-corrected chi connectivity index (χ0v) is 19.3. The fourth-order valence-corrected chi connectivity index (χ4v) is 4.48. The van der Waals surface area contributed by atoms with E-state index in [1.165, 1.54) is 13.2 Å². The molecule has 1 aliphatic heterocycles. The maximum atomic E-state index is 13.0. The summed E-state index contributed by atoms with van der Waals surface area (Å²) in [6, 6.07) is 12.4. The molecule has 1 saturated heterocycles. The topological polar surface area (TPSA) is 79.4 Å². The van der Waals surface area contributed by atoms with Crippen molar-refractivity contribution >= 4 is 38.9 Å². The minimum atomic E-state index is -3.74. The molecule has 2 aromatic carbocycles. The predicted molar refractivity (Wildman–Crippen MR) is 122 cm³/mol. The molecule has 0 saturated carbocycles. The molecule has 1 amide bonds. The third-order valence-electron chi connectivity index (χ3n) is 5.16. The summed E-state index contributed by atoms with van der Waals surface area (Å²) in [6.07, 6.45) is 1.06. The van der Waals surface area contributed by atoms with E-state index < -0.39 is 10.0 Å². The van der Waals surface area contributed by atoms with Gasteiger partial charge in [-0.15, -0.1) is 0 Å². The summed E-state index contributed by atoms with van der Waals surface area (Å²) >= 11 is 6.06. The molecule has 168 valence electrons. The van der Waals surface area contributed by atoms with Crippen molar-refractivity contribution in [3.05, 3.63) is 47.5 Å². The molecule has 0 radical (unpaired) electrons. The molecule has 0 bridgehead atoms. The monoisotopic (exact) mass is 467 g/mol. The van der Waals surface area contributed by atoms with Gasteiger partial charge in [0.1, 0.15) is 18.0 Å². The molecular formula is C21H26ClN3O5S. The van der Waals surface area contributed by atoms with Crippen molar-refractivity contribution in [2.75, 3.05) is 62.4 Å². The summed E-state index contributed by atoms with van der Waals surface area (Å²) in [7, 11) is -0.675. The molecule has 1 heterocycles. The Balaban J connectivity index is 1.70. The predicted octanol–water partition coefficient (Wildman–Crippen LogP) is 2.47. The maximum Gasteiger partial charge on any atom is 0.243 e. The SMILES string of the molecule is COc1ccc(N2CCN(C(=O)CN(c3cc(Cl)ccc3OC)S(C)(=O)=O)CC2)cc1. The molecule has 0 aromatic heterocycles. The number of anilines is 2. The van der Waals surface area contributed by atoms with Gasteiger partial charge in [0.15, 0.2) is 0 Å². The number of amides is 1. The highest BCUT2D eigenvalue weighted by atomic mass is 35.5. The van der Waals surface area contributed by atoms with Gasteiger partial charge in [0.25, 0.3) is 0 Å². The zero-order chi connectivity index (χ0) is 22.6. The van der Waals surface area contributed by atoms with Crippen LogP contribution in [0.3, 0.4) is 0 Å². The number of benzene rings is 2. The lowest BCUT2D eigenvalue weighted by atomic mass is 10.2. The van der Waals surface area contributed by atoms with Gasteiger partial charge in [-0.3, -0.25) is 9.10 Å². The van der Waals surface area contributed by atoms with Crippen molar-refractivity contribution in [2.45, 2.75) is 0 Å². The minimum absolute atomic E-state index is 0.239. The minimum Gasteiger partial charge on any atom is -0.497 e. The Hall–Kier alpha value is -2.65. The van der Waals surface area contributed by atoms with Crippen molar-refractivity contribution in [2.24, 2.45) is 0 Å². The normalized spacial score (nSPS) is 14.3. The van der Waals surface area contributed by atoms with E-state index >= 15 is 0 Å². The van der Waals surface area contributed by atoms with Crippen molar-refractivity contribution < 1.29 is 22.7 Å².